The molecule has 0 aromatic heterocycles. The minimum atomic E-state index is 0. The van der Waals surface area contributed by atoms with Crippen LogP contribution in [0.5, 0.6) is 5.75 Å². The Morgan fingerprint density at radius 2 is 1.83 bits per heavy atom. The Morgan fingerprint density at radius 3 is 2.45 bits per heavy atom. The van der Waals surface area contributed by atoms with Crippen LogP contribution >= 0.6 is 24.0 Å². The first-order chi connectivity index (χ1) is 13.7. The molecule has 0 saturated carbocycles. The fourth-order valence-corrected chi connectivity index (χ4v) is 3.58. The van der Waals surface area contributed by atoms with Crippen molar-refractivity contribution in [3.63, 3.8) is 0 Å². The first-order valence-electron chi connectivity index (χ1n) is 10.9. The number of nitrogens with one attached hydrogen (secondary N) is 1. The summed E-state index contributed by atoms with van der Waals surface area (Å²) >= 11 is 0. The molecule has 1 saturated heterocycles. The Kier molecular flexibility index (Phi) is 13.1. The molecule has 0 atom stereocenters. The maximum absolute atomic E-state index is 5.36. The molecular formula is C22H40IN5O. The van der Waals surface area contributed by atoms with Crippen LogP contribution in [-0.2, 0) is 0 Å². The summed E-state index contributed by atoms with van der Waals surface area (Å²) in [4.78, 5) is 12.2. The third-order valence-corrected chi connectivity index (χ3v) is 5.37. The molecule has 1 N–H and O–H groups in total. The van der Waals surface area contributed by atoms with Gasteiger partial charge in [0.05, 0.1) is 7.11 Å². The summed E-state index contributed by atoms with van der Waals surface area (Å²) in [6, 6.07) is 8.33. The van der Waals surface area contributed by atoms with Crippen molar-refractivity contribution in [3.05, 3.63) is 24.3 Å². The molecular weight excluding hydrogens is 477 g/mol. The van der Waals surface area contributed by atoms with Gasteiger partial charge in [-0.2, -0.15) is 0 Å². The molecule has 1 aromatic carbocycles. The number of rotatable bonds is 10. The first kappa shape index (κ1) is 25.8. The van der Waals surface area contributed by atoms with Gasteiger partial charge in [0.25, 0.3) is 0 Å². The van der Waals surface area contributed by atoms with Gasteiger partial charge in [-0.3, -0.25) is 4.99 Å². The van der Waals surface area contributed by atoms with Gasteiger partial charge in [-0.25, -0.2) is 0 Å². The van der Waals surface area contributed by atoms with E-state index in [1.807, 2.05) is 6.07 Å². The van der Waals surface area contributed by atoms with Crippen LogP contribution in [0.1, 0.15) is 33.6 Å². The van der Waals surface area contributed by atoms with E-state index in [0.717, 1.165) is 70.5 Å². The molecule has 1 aliphatic rings. The molecule has 166 valence electrons. The zero-order valence-corrected chi connectivity index (χ0v) is 21.0. The molecule has 29 heavy (non-hydrogen) atoms. The van der Waals surface area contributed by atoms with Crippen LogP contribution in [0.4, 0.5) is 5.69 Å². The van der Waals surface area contributed by atoms with Crippen LogP contribution in [0.3, 0.4) is 0 Å². The number of piperazine rings is 1. The second kappa shape index (κ2) is 14.7. The van der Waals surface area contributed by atoms with Crippen molar-refractivity contribution in [2.45, 2.75) is 33.6 Å². The maximum atomic E-state index is 5.36. The Morgan fingerprint density at radius 1 is 1.10 bits per heavy atom. The van der Waals surface area contributed by atoms with E-state index in [0.29, 0.717) is 0 Å². The molecule has 1 aromatic rings. The number of hydrogen-bond acceptors (Lipinski definition) is 4. The molecule has 0 amide bonds. The number of aliphatic imine (C=N–C) groups is 1. The topological polar surface area (TPSA) is 43.3 Å². The Balaban J connectivity index is 0.00000420. The molecule has 0 aliphatic carbocycles. The summed E-state index contributed by atoms with van der Waals surface area (Å²) in [5.74, 6) is 1.98. The summed E-state index contributed by atoms with van der Waals surface area (Å²) < 4.78 is 5.36. The predicted molar refractivity (Wildman–Crippen MR) is 135 cm³/mol. The highest BCUT2D eigenvalue weighted by atomic mass is 127. The maximum Gasteiger partial charge on any atom is 0.194 e. The van der Waals surface area contributed by atoms with E-state index in [1.54, 1.807) is 7.11 Å². The van der Waals surface area contributed by atoms with Crippen LogP contribution in [0.25, 0.3) is 0 Å². The molecule has 0 radical (unpaired) electrons. The average molecular weight is 518 g/mol. The van der Waals surface area contributed by atoms with E-state index in [-0.39, 0.29) is 24.0 Å². The number of methoxy groups -OCH3 is 1. The standard InChI is InChI=1S/C22H39N5O.HI/c1-5-23-22(24-13-8-9-14-25(6-2)7-3)27-17-15-26(16-18-27)20-11-10-12-21(19-20)28-4;/h10-12,19H,5-9,13-18H2,1-4H3,(H,23,24);1H. The van der Waals surface area contributed by atoms with E-state index >= 15 is 0 Å². The molecule has 0 bridgehead atoms. The number of unbranched alkanes of at least 4 members (excludes halogenated alkanes) is 1. The van der Waals surface area contributed by atoms with Crippen LogP contribution in [0, 0.1) is 0 Å². The van der Waals surface area contributed by atoms with Gasteiger partial charge in [-0.15, -0.1) is 24.0 Å². The lowest BCUT2D eigenvalue weighted by atomic mass is 10.2. The molecule has 2 rings (SSSR count). The van der Waals surface area contributed by atoms with Gasteiger partial charge < -0.3 is 24.8 Å². The largest absolute Gasteiger partial charge is 0.497 e. The van der Waals surface area contributed by atoms with E-state index in [9.17, 15) is 0 Å². The van der Waals surface area contributed by atoms with Crippen molar-refractivity contribution in [2.24, 2.45) is 4.99 Å². The number of guanidine groups is 1. The average Bonchev–Trinajstić information content (AvgIpc) is 2.75. The zero-order valence-electron chi connectivity index (χ0n) is 18.7. The third kappa shape index (κ3) is 8.58. The van der Waals surface area contributed by atoms with E-state index in [1.165, 1.54) is 18.7 Å². The van der Waals surface area contributed by atoms with Gasteiger partial charge in [0.15, 0.2) is 5.96 Å². The molecule has 1 fully saturated rings. The number of nitrogens with zero attached hydrogens (tertiary/aromatic N) is 4. The van der Waals surface area contributed by atoms with Crippen molar-refractivity contribution in [3.8, 4) is 5.75 Å². The van der Waals surface area contributed by atoms with E-state index in [2.05, 4.69) is 59.0 Å². The van der Waals surface area contributed by atoms with Gasteiger partial charge >= 0.3 is 0 Å². The van der Waals surface area contributed by atoms with Crippen LogP contribution in [0.15, 0.2) is 29.3 Å². The first-order valence-corrected chi connectivity index (χ1v) is 10.9. The minimum Gasteiger partial charge on any atom is -0.497 e. The van der Waals surface area contributed by atoms with Crippen molar-refractivity contribution < 1.29 is 4.74 Å². The van der Waals surface area contributed by atoms with Gasteiger partial charge in [-0.1, -0.05) is 19.9 Å². The number of halogens is 1. The predicted octanol–water partition coefficient (Wildman–Crippen LogP) is 3.52. The fourth-order valence-electron chi connectivity index (χ4n) is 3.58. The van der Waals surface area contributed by atoms with E-state index in [4.69, 9.17) is 9.73 Å². The van der Waals surface area contributed by atoms with Gasteiger partial charge in [0, 0.05) is 51.0 Å². The van der Waals surface area contributed by atoms with Gasteiger partial charge in [0.2, 0.25) is 0 Å². The highest BCUT2D eigenvalue weighted by molar-refractivity contribution is 14.0. The molecule has 0 unspecified atom stereocenters. The third-order valence-electron chi connectivity index (χ3n) is 5.37. The lowest BCUT2D eigenvalue weighted by Crippen LogP contribution is -2.52. The van der Waals surface area contributed by atoms with Gasteiger partial charge in [0.1, 0.15) is 5.75 Å². The second-order valence-electron chi connectivity index (χ2n) is 7.15. The molecule has 0 spiro atoms. The highest BCUT2D eigenvalue weighted by Crippen LogP contribution is 2.22. The minimum absolute atomic E-state index is 0. The zero-order chi connectivity index (χ0) is 20.2. The van der Waals surface area contributed by atoms with Crippen molar-refractivity contribution in [1.82, 2.24) is 15.1 Å². The monoisotopic (exact) mass is 517 g/mol. The summed E-state index contributed by atoms with van der Waals surface area (Å²) in [5, 5.41) is 3.47. The van der Waals surface area contributed by atoms with Crippen LogP contribution < -0.4 is 15.0 Å². The van der Waals surface area contributed by atoms with Crippen LogP contribution in [-0.4, -0.2) is 81.8 Å². The Labute approximate surface area is 194 Å². The Hall–Kier alpha value is -1.22. The summed E-state index contributed by atoms with van der Waals surface area (Å²) in [7, 11) is 1.72. The second-order valence-corrected chi connectivity index (χ2v) is 7.15. The van der Waals surface area contributed by atoms with Gasteiger partial charge in [-0.05, 0) is 51.5 Å². The lowest BCUT2D eigenvalue weighted by molar-refractivity contribution is 0.297. The summed E-state index contributed by atoms with van der Waals surface area (Å²) in [6.45, 7) is 15.9. The molecule has 1 aliphatic heterocycles. The van der Waals surface area contributed by atoms with Crippen molar-refractivity contribution in [2.75, 3.05) is 70.9 Å². The number of anilines is 1. The molecule has 1 heterocycles. The normalized spacial score (nSPS) is 14.7. The summed E-state index contributed by atoms with van der Waals surface area (Å²) in [5.41, 5.74) is 1.23. The lowest BCUT2D eigenvalue weighted by Gasteiger charge is -2.37. The smallest absolute Gasteiger partial charge is 0.194 e. The van der Waals surface area contributed by atoms with Crippen LogP contribution in [0.2, 0.25) is 0 Å². The van der Waals surface area contributed by atoms with Crippen molar-refractivity contribution in [1.29, 1.82) is 0 Å². The molecule has 7 heteroatoms. The highest BCUT2D eigenvalue weighted by Gasteiger charge is 2.20. The number of ether oxygens (including phenoxy) is 1. The van der Waals surface area contributed by atoms with E-state index < -0.39 is 0 Å². The molecule has 6 nitrogen and oxygen atoms in total. The number of benzene rings is 1. The number of hydrogen-bond donors (Lipinski definition) is 1. The Bertz CT molecular complexity index is 586. The fraction of sp³-hybridized carbons (Fsp3) is 0.682. The quantitative estimate of drug-likeness (QED) is 0.223. The SMILES string of the molecule is CCNC(=NCCCCN(CC)CC)N1CCN(c2cccc(OC)c2)CC1.I. The van der Waals surface area contributed by atoms with Crippen molar-refractivity contribution >= 4 is 35.6 Å². The summed E-state index contributed by atoms with van der Waals surface area (Å²) in [6.07, 6.45) is 2.36.